The van der Waals surface area contributed by atoms with E-state index in [-0.39, 0.29) is 6.10 Å². The lowest BCUT2D eigenvalue weighted by Gasteiger charge is -2.14. The molecule has 2 aliphatic rings. The van der Waals surface area contributed by atoms with Gasteiger partial charge in [-0.15, -0.1) is 0 Å². The maximum absolute atomic E-state index is 9.34. The van der Waals surface area contributed by atoms with E-state index in [0.29, 0.717) is 5.41 Å². The number of aliphatic hydroxyl groups is 1. The first kappa shape index (κ1) is 6.66. The molecule has 58 valence electrons. The first-order valence-corrected chi connectivity index (χ1v) is 4.30. The van der Waals surface area contributed by atoms with Crippen LogP contribution in [0.2, 0.25) is 0 Å². The number of hydrogen-bond donors (Lipinski definition) is 1. The zero-order valence-corrected chi connectivity index (χ0v) is 6.80. The summed E-state index contributed by atoms with van der Waals surface area (Å²) < 4.78 is 0. The van der Waals surface area contributed by atoms with Crippen LogP contribution in [0.3, 0.4) is 0 Å². The lowest BCUT2D eigenvalue weighted by Crippen LogP contribution is -2.12. The molecule has 0 aliphatic heterocycles. The van der Waals surface area contributed by atoms with Gasteiger partial charge in [0, 0.05) is 0 Å². The van der Waals surface area contributed by atoms with Gasteiger partial charge in [0.2, 0.25) is 0 Å². The molecule has 1 heteroatoms. The zero-order chi connectivity index (χ0) is 7.35. The Morgan fingerprint density at radius 2 is 1.90 bits per heavy atom. The Morgan fingerprint density at radius 1 is 1.20 bits per heavy atom. The number of rotatable bonds is 0. The van der Waals surface area contributed by atoms with Crippen LogP contribution in [-0.4, -0.2) is 11.2 Å². The van der Waals surface area contributed by atoms with Crippen molar-refractivity contribution in [2.24, 2.45) is 17.3 Å². The molecule has 0 saturated heterocycles. The van der Waals surface area contributed by atoms with Crippen molar-refractivity contribution in [3.63, 3.8) is 0 Å². The third kappa shape index (κ3) is 0.731. The fourth-order valence-electron chi connectivity index (χ4n) is 2.68. The molecule has 2 aliphatic carbocycles. The summed E-state index contributed by atoms with van der Waals surface area (Å²) >= 11 is 0. The maximum atomic E-state index is 9.34. The van der Waals surface area contributed by atoms with Crippen LogP contribution in [0.4, 0.5) is 0 Å². The molecule has 0 aromatic rings. The van der Waals surface area contributed by atoms with Crippen LogP contribution in [0.5, 0.6) is 0 Å². The molecule has 3 unspecified atom stereocenters. The van der Waals surface area contributed by atoms with E-state index in [1.807, 2.05) is 0 Å². The Hall–Kier alpha value is -0.0400. The van der Waals surface area contributed by atoms with Crippen molar-refractivity contribution in [3.05, 3.63) is 0 Å². The summed E-state index contributed by atoms with van der Waals surface area (Å²) in [5.41, 5.74) is 0.567. The second-order valence-corrected chi connectivity index (χ2v) is 4.50. The highest BCUT2D eigenvalue weighted by molar-refractivity contribution is 5.07. The monoisotopic (exact) mass is 140 g/mol. The number of hydrogen-bond acceptors (Lipinski definition) is 1. The van der Waals surface area contributed by atoms with Crippen LogP contribution >= 0.6 is 0 Å². The van der Waals surface area contributed by atoms with Gasteiger partial charge >= 0.3 is 0 Å². The molecule has 0 radical (unpaired) electrons. The van der Waals surface area contributed by atoms with Gasteiger partial charge in [0.15, 0.2) is 0 Å². The molecule has 0 aromatic heterocycles. The summed E-state index contributed by atoms with van der Waals surface area (Å²) in [5, 5.41) is 9.34. The quantitative estimate of drug-likeness (QED) is 0.544. The van der Waals surface area contributed by atoms with Crippen LogP contribution in [-0.2, 0) is 0 Å². The molecular weight excluding hydrogens is 124 g/mol. The van der Waals surface area contributed by atoms with Gasteiger partial charge in [0.1, 0.15) is 0 Å². The van der Waals surface area contributed by atoms with E-state index in [0.717, 1.165) is 24.7 Å². The number of aliphatic hydroxyl groups excluding tert-OH is 1. The standard InChI is InChI=1S/C9H16O/c1-9(2)7-4-3-6(10)5-8(7)9/h6-8,10H,3-5H2,1-2H3. The van der Waals surface area contributed by atoms with Crippen LogP contribution < -0.4 is 0 Å². The van der Waals surface area contributed by atoms with Crippen LogP contribution in [0, 0.1) is 17.3 Å². The average molecular weight is 140 g/mol. The lowest BCUT2D eigenvalue weighted by molar-refractivity contribution is 0.124. The topological polar surface area (TPSA) is 20.2 Å². The SMILES string of the molecule is CC1(C)C2CCC(O)CC21. The first-order valence-electron chi connectivity index (χ1n) is 4.30. The Labute approximate surface area is 62.4 Å². The Balaban J connectivity index is 2.04. The highest BCUT2D eigenvalue weighted by Crippen LogP contribution is 2.64. The van der Waals surface area contributed by atoms with Crippen molar-refractivity contribution in [1.82, 2.24) is 0 Å². The molecule has 2 fully saturated rings. The molecule has 2 rings (SSSR count). The van der Waals surface area contributed by atoms with Gasteiger partial charge in [-0.2, -0.15) is 0 Å². The lowest BCUT2D eigenvalue weighted by atomic mass is 9.98. The van der Waals surface area contributed by atoms with Gasteiger partial charge in [-0.05, 0) is 36.5 Å². The van der Waals surface area contributed by atoms with Gasteiger partial charge in [-0.1, -0.05) is 13.8 Å². The van der Waals surface area contributed by atoms with Crippen LogP contribution in [0.15, 0.2) is 0 Å². The van der Waals surface area contributed by atoms with Crippen molar-refractivity contribution in [2.75, 3.05) is 0 Å². The average Bonchev–Trinajstić information content (AvgIpc) is 2.36. The van der Waals surface area contributed by atoms with Crippen molar-refractivity contribution >= 4 is 0 Å². The predicted octanol–water partition coefficient (Wildman–Crippen LogP) is 1.80. The Morgan fingerprint density at radius 3 is 2.40 bits per heavy atom. The maximum Gasteiger partial charge on any atom is 0.0543 e. The molecule has 1 nitrogen and oxygen atoms in total. The molecule has 0 spiro atoms. The molecule has 3 atom stereocenters. The molecule has 0 bridgehead atoms. The minimum Gasteiger partial charge on any atom is -0.393 e. The fourth-order valence-corrected chi connectivity index (χ4v) is 2.68. The second-order valence-electron chi connectivity index (χ2n) is 4.50. The van der Waals surface area contributed by atoms with Gasteiger partial charge in [-0.3, -0.25) is 0 Å². The van der Waals surface area contributed by atoms with Crippen molar-refractivity contribution in [2.45, 2.75) is 39.2 Å². The van der Waals surface area contributed by atoms with E-state index in [9.17, 15) is 5.11 Å². The molecule has 2 saturated carbocycles. The van der Waals surface area contributed by atoms with E-state index in [2.05, 4.69) is 13.8 Å². The van der Waals surface area contributed by atoms with Gasteiger partial charge < -0.3 is 5.11 Å². The Kier molecular flexibility index (Phi) is 1.17. The minimum atomic E-state index is 0.0167. The first-order chi connectivity index (χ1) is 4.62. The summed E-state index contributed by atoms with van der Waals surface area (Å²) in [6, 6.07) is 0. The van der Waals surface area contributed by atoms with E-state index >= 15 is 0 Å². The summed E-state index contributed by atoms with van der Waals surface area (Å²) in [4.78, 5) is 0. The summed E-state index contributed by atoms with van der Waals surface area (Å²) in [7, 11) is 0. The van der Waals surface area contributed by atoms with Crippen molar-refractivity contribution < 1.29 is 5.11 Å². The number of fused-ring (bicyclic) bond motifs is 1. The molecule has 0 aromatic carbocycles. The predicted molar refractivity (Wildman–Crippen MR) is 40.6 cm³/mol. The van der Waals surface area contributed by atoms with Gasteiger partial charge in [-0.25, -0.2) is 0 Å². The molecular formula is C9H16O. The van der Waals surface area contributed by atoms with Gasteiger partial charge in [0.05, 0.1) is 6.10 Å². The zero-order valence-electron chi connectivity index (χ0n) is 6.80. The molecule has 10 heavy (non-hydrogen) atoms. The van der Waals surface area contributed by atoms with Gasteiger partial charge in [0.25, 0.3) is 0 Å². The smallest absolute Gasteiger partial charge is 0.0543 e. The highest BCUT2D eigenvalue weighted by atomic mass is 16.3. The van der Waals surface area contributed by atoms with E-state index in [1.165, 1.54) is 6.42 Å². The molecule has 1 N–H and O–H groups in total. The third-order valence-corrected chi connectivity index (χ3v) is 3.62. The third-order valence-electron chi connectivity index (χ3n) is 3.62. The normalized spacial score (nSPS) is 50.1. The summed E-state index contributed by atoms with van der Waals surface area (Å²) in [5.74, 6) is 1.78. The van der Waals surface area contributed by atoms with Crippen molar-refractivity contribution in [3.8, 4) is 0 Å². The van der Waals surface area contributed by atoms with Crippen molar-refractivity contribution in [1.29, 1.82) is 0 Å². The van der Waals surface area contributed by atoms with E-state index < -0.39 is 0 Å². The minimum absolute atomic E-state index is 0.0167. The van der Waals surface area contributed by atoms with E-state index in [4.69, 9.17) is 0 Å². The second kappa shape index (κ2) is 1.76. The van der Waals surface area contributed by atoms with Crippen LogP contribution in [0.1, 0.15) is 33.1 Å². The van der Waals surface area contributed by atoms with Crippen LogP contribution in [0.25, 0.3) is 0 Å². The molecule has 0 heterocycles. The fraction of sp³-hybridized carbons (Fsp3) is 1.00. The molecule has 0 amide bonds. The summed E-state index contributed by atoms with van der Waals surface area (Å²) in [6.45, 7) is 4.67. The highest BCUT2D eigenvalue weighted by Gasteiger charge is 2.58. The summed E-state index contributed by atoms with van der Waals surface area (Å²) in [6.07, 6.45) is 3.39. The van der Waals surface area contributed by atoms with E-state index in [1.54, 1.807) is 0 Å². The Bertz CT molecular complexity index is 151. The largest absolute Gasteiger partial charge is 0.393 e.